The molecule has 44 heavy (non-hydrogen) atoms. The molecule has 0 aliphatic heterocycles. The molecule has 0 aromatic heterocycles. The molecule has 0 heterocycles. The summed E-state index contributed by atoms with van der Waals surface area (Å²) in [4.78, 5) is 0. The maximum atomic E-state index is 7.05. The Hall–Kier alpha value is -1.12. The van der Waals surface area contributed by atoms with Gasteiger partial charge >= 0.3 is 0 Å². The SMILES string of the molecule is CCCCC/C=C\C/C=C\CCCCCCCCC(N)(CCCCCN)CCCCCCCC/C=C\C/C=C\CCCCC. The highest BCUT2D eigenvalue weighted by Crippen LogP contribution is 2.27. The molecule has 0 saturated heterocycles. The molecule has 0 aromatic rings. The van der Waals surface area contributed by atoms with Gasteiger partial charge in [-0.15, -0.1) is 0 Å². The minimum atomic E-state index is 0.0546. The molecule has 0 spiro atoms. The van der Waals surface area contributed by atoms with Crippen LogP contribution in [0.4, 0.5) is 0 Å². The number of rotatable bonds is 35. The molecule has 4 N–H and O–H groups in total. The van der Waals surface area contributed by atoms with Gasteiger partial charge in [0.25, 0.3) is 0 Å². The van der Waals surface area contributed by atoms with E-state index in [1.54, 1.807) is 0 Å². The van der Waals surface area contributed by atoms with Crippen LogP contribution in [0.15, 0.2) is 48.6 Å². The lowest BCUT2D eigenvalue weighted by molar-refractivity contribution is 0.303. The number of nitrogens with two attached hydrogens (primary N) is 2. The second kappa shape index (κ2) is 36.3. The molecule has 0 atom stereocenters. The number of hydrogen-bond acceptors (Lipinski definition) is 2. The van der Waals surface area contributed by atoms with Crippen LogP contribution in [0, 0.1) is 0 Å². The summed E-state index contributed by atoms with van der Waals surface area (Å²) in [6.45, 7) is 5.35. The van der Waals surface area contributed by atoms with Gasteiger partial charge in [0.2, 0.25) is 0 Å². The van der Waals surface area contributed by atoms with Gasteiger partial charge < -0.3 is 11.5 Å². The van der Waals surface area contributed by atoms with Gasteiger partial charge in [-0.1, -0.05) is 165 Å². The lowest BCUT2D eigenvalue weighted by atomic mass is 9.82. The molecule has 0 saturated carbocycles. The van der Waals surface area contributed by atoms with E-state index < -0.39 is 0 Å². The van der Waals surface area contributed by atoms with Crippen molar-refractivity contribution in [2.24, 2.45) is 11.5 Å². The largest absolute Gasteiger partial charge is 0.330 e. The lowest BCUT2D eigenvalue weighted by Gasteiger charge is -2.30. The normalized spacial score (nSPS) is 12.7. The highest BCUT2D eigenvalue weighted by atomic mass is 14.7. The molecule has 0 aliphatic rings. The zero-order valence-corrected chi connectivity index (χ0v) is 30.2. The summed E-state index contributed by atoms with van der Waals surface area (Å²) in [5.41, 5.74) is 12.8. The summed E-state index contributed by atoms with van der Waals surface area (Å²) < 4.78 is 0. The first-order chi connectivity index (χ1) is 21.7. The molecular weight excluding hydrogens is 532 g/mol. The van der Waals surface area contributed by atoms with Gasteiger partial charge in [0.1, 0.15) is 0 Å². The zero-order chi connectivity index (χ0) is 32.1. The Morgan fingerprint density at radius 3 is 1.00 bits per heavy atom. The van der Waals surface area contributed by atoms with E-state index in [4.69, 9.17) is 11.5 Å². The second-order valence-corrected chi connectivity index (χ2v) is 13.6. The second-order valence-electron chi connectivity index (χ2n) is 13.6. The Labute approximate surface area is 278 Å². The molecule has 0 radical (unpaired) electrons. The van der Waals surface area contributed by atoms with Crippen LogP contribution < -0.4 is 11.5 Å². The van der Waals surface area contributed by atoms with Crippen molar-refractivity contribution in [3.05, 3.63) is 48.6 Å². The number of unbranched alkanes of at least 4 members (excludes halogenated alkanes) is 20. The Bertz CT molecular complexity index is 611. The van der Waals surface area contributed by atoms with E-state index in [1.165, 1.54) is 173 Å². The predicted octanol–water partition coefficient (Wildman–Crippen LogP) is 13.6. The van der Waals surface area contributed by atoms with Crippen LogP contribution in [0.3, 0.4) is 0 Å². The molecule has 0 rings (SSSR count). The van der Waals surface area contributed by atoms with Crippen molar-refractivity contribution in [1.82, 2.24) is 0 Å². The summed E-state index contributed by atoms with van der Waals surface area (Å²) in [7, 11) is 0. The van der Waals surface area contributed by atoms with Crippen LogP contribution in [0.2, 0.25) is 0 Å². The van der Waals surface area contributed by atoms with Crippen LogP contribution in [-0.2, 0) is 0 Å². The minimum Gasteiger partial charge on any atom is -0.330 e. The van der Waals surface area contributed by atoms with Gasteiger partial charge in [-0.2, -0.15) is 0 Å². The van der Waals surface area contributed by atoms with Crippen molar-refractivity contribution in [2.45, 2.75) is 212 Å². The van der Waals surface area contributed by atoms with Crippen molar-refractivity contribution in [3.8, 4) is 0 Å². The van der Waals surface area contributed by atoms with E-state index in [9.17, 15) is 0 Å². The molecule has 0 amide bonds. The Morgan fingerprint density at radius 1 is 0.364 bits per heavy atom. The molecule has 0 aliphatic carbocycles. The molecule has 0 unspecified atom stereocenters. The van der Waals surface area contributed by atoms with Crippen molar-refractivity contribution in [1.29, 1.82) is 0 Å². The predicted molar refractivity (Wildman–Crippen MR) is 202 cm³/mol. The van der Waals surface area contributed by atoms with E-state index >= 15 is 0 Å². The maximum absolute atomic E-state index is 7.05. The highest BCUT2D eigenvalue weighted by molar-refractivity contribution is 4.93. The van der Waals surface area contributed by atoms with Gasteiger partial charge in [-0.3, -0.25) is 0 Å². The summed E-state index contributed by atoms with van der Waals surface area (Å²) in [5.74, 6) is 0. The molecule has 2 heteroatoms. The number of allylic oxidation sites excluding steroid dienone is 8. The average Bonchev–Trinajstić information content (AvgIpc) is 3.03. The molecule has 0 aromatic carbocycles. The first-order valence-electron chi connectivity index (χ1n) is 19.8. The fourth-order valence-electron chi connectivity index (χ4n) is 6.10. The highest BCUT2D eigenvalue weighted by Gasteiger charge is 2.23. The first-order valence-corrected chi connectivity index (χ1v) is 19.8. The molecular formula is C42H80N2. The first kappa shape index (κ1) is 42.9. The summed E-state index contributed by atoms with van der Waals surface area (Å²) in [6, 6.07) is 0. The maximum Gasteiger partial charge on any atom is 0.0154 e. The third-order valence-electron chi connectivity index (χ3n) is 9.13. The fraction of sp³-hybridized carbons (Fsp3) is 0.810. The van der Waals surface area contributed by atoms with E-state index in [2.05, 4.69) is 62.5 Å². The lowest BCUT2D eigenvalue weighted by Crippen LogP contribution is -2.39. The van der Waals surface area contributed by atoms with E-state index in [-0.39, 0.29) is 5.54 Å². The van der Waals surface area contributed by atoms with E-state index in [0.29, 0.717) is 0 Å². The van der Waals surface area contributed by atoms with Gasteiger partial charge in [-0.25, -0.2) is 0 Å². The molecule has 258 valence electrons. The fourth-order valence-corrected chi connectivity index (χ4v) is 6.10. The summed E-state index contributed by atoms with van der Waals surface area (Å²) in [5, 5.41) is 0. The van der Waals surface area contributed by atoms with Gasteiger partial charge in [0, 0.05) is 5.54 Å². The third kappa shape index (κ3) is 33.8. The standard InChI is InChI=1S/C42H80N2/c1-3-5-7-9-11-13-15-17-19-21-23-25-27-29-31-34-38-42(44,40-36-33-37-41-43)39-35-32-30-28-26-24-22-20-18-16-14-12-10-8-6-4-2/h11-14,17-20H,3-10,15-16,21-41,43-44H2,1-2H3/b13-11-,14-12-,19-17-,20-18-. The Balaban J connectivity index is 3.90. The quantitative estimate of drug-likeness (QED) is 0.0552. The van der Waals surface area contributed by atoms with Crippen molar-refractivity contribution in [3.63, 3.8) is 0 Å². The van der Waals surface area contributed by atoms with Gasteiger partial charge in [0.15, 0.2) is 0 Å². The van der Waals surface area contributed by atoms with Crippen LogP contribution >= 0.6 is 0 Å². The minimum absolute atomic E-state index is 0.0546. The van der Waals surface area contributed by atoms with E-state index in [0.717, 1.165) is 25.8 Å². The van der Waals surface area contributed by atoms with Crippen LogP contribution in [-0.4, -0.2) is 12.1 Å². The van der Waals surface area contributed by atoms with Gasteiger partial charge in [-0.05, 0) is 96.4 Å². The molecule has 0 fully saturated rings. The zero-order valence-electron chi connectivity index (χ0n) is 30.2. The topological polar surface area (TPSA) is 52.0 Å². The average molecular weight is 613 g/mol. The number of hydrogen-bond donors (Lipinski definition) is 2. The third-order valence-corrected chi connectivity index (χ3v) is 9.13. The van der Waals surface area contributed by atoms with E-state index in [1.807, 2.05) is 0 Å². The van der Waals surface area contributed by atoms with Crippen LogP contribution in [0.1, 0.15) is 206 Å². The van der Waals surface area contributed by atoms with Crippen LogP contribution in [0.25, 0.3) is 0 Å². The Kier molecular flexibility index (Phi) is 35.4. The monoisotopic (exact) mass is 613 g/mol. The van der Waals surface area contributed by atoms with Crippen LogP contribution in [0.5, 0.6) is 0 Å². The molecule has 0 bridgehead atoms. The summed E-state index contributed by atoms with van der Waals surface area (Å²) in [6.07, 6.45) is 57.6. The van der Waals surface area contributed by atoms with Gasteiger partial charge in [0.05, 0.1) is 0 Å². The summed E-state index contributed by atoms with van der Waals surface area (Å²) >= 11 is 0. The van der Waals surface area contributed by atoms with Crippen molar-refractivity contribution < 1.29 is 0 Å². The smallest absolute Gasteiger partial charge is 0.0154 e. The van der Waals surface area contributed by atoms with Crippen molar-refractivity contribution >= 4 is 0 Å². The van der Waals surface area contributed by atoms with Crippen molar-refractivity contribution in [2.75, 3.05) is 6.54 Å². The Morgan fingerprint density at radius 2 is 0.659 bits per heavy atom. The molecule has 2 nitrogen and oxygen atoms in total.